The first-order valence-corrected chi connectivity index (χ1v) is 9.39. The molecule has 0 unspecified atom stereocenters. The number of hydrogen-bond donors (Lipinski definition) is 1. The summed E-state index contributed by atoms with van der Waals surface area (Å²) in [7, 11) is 0. The Labute approximate surface area is 162 Å². The second kappa shape index (κ2) is 7.84. The zero-order valence-corrected chi connectivity index (χ0v) is 15.6. The van der Waals surface area contributed by atoms with Gasteiger partial charge in [-0.25, -0.2) is 0 Å². The van der Waals surface area contributed by atoms with E-state index in [1.807, 2.05) is 36.4 Å². The Bertz CT molecular complexity index is 953. The van der Waals surface area contributed by atoms with Crippen LogP contribution in [0, 0.1) is 0 Å². The Morgan fingerprint density at radius 3 is 2.67 bits per heavy atom. The van der Waals surface area contributed by atoms with Crippen LogP contribution >= 0.6 is 11.6 Å². The molecule has 0 bridgehead atoms. The number of nitrogens with one attached hydrogen (secondary N) is 1. The van der Waals surface area contributed by atoms with Crippen LogP contribution in [0.5, 0.6) is 5.75 Å². The number of aromatic nitrogens is 1. The number of ether oxygens (including phenoxy) is 1. The molecular weight excluding hydrogens is 362 g/mol. The number of anilines is 2. The van der Waals surface area contributed by atoms with Gasteiger partial charge in [-0.15, -0.1) is 0 Å². The van der Waals surface area contributed by atoms with Crippen molar-refractivity contribution in [3.05, 3.63) is 59.8 Å². The van der Waals surface area contributed by atoms with E-state index in [4.69, 9.17) is 16.3 Å². The van der Waals surface area contributed by atoms with Crippen LogP contribution in [0.3, 0.4) is 0 Å². The predicted molar refractivity (Wildman–Crippen MR) is 109 cm³/mol. The number of pyridine rings is 1. The molecule has 0 atom stereocenters. The van der Waals surface area contributed by atoms with Crippen molar-refractivity contribution in [1.82, 2.24) is 4.98 Å². The maximum absolute atomic E-state index is 12.2. The fourth-order valence-corrected chi connectivity index (χ4v) is 3.52. The van der Waals surface area contributed by atoms with Gasteiger partial charge in [0.15, 0.2) is 6.61 Å². The van der Waals surface area contributed by atoms with Gasteiger partial charge >= 0.3 is 0 Å². The van der Waals surface area contributed by atoms with Gasteiger partial charge in [0.2, 0.25) is 0 Å². The lowest BCUT2D eigenvalue weighted by molar-refractivity contribution is -0.118. The Kier molecular flexibility index (Phi) is 5.12. The summed E-state index contributed by atoms with van der Waals surface area (Å²) in [6.07, 6.45) is 4.15. The smallest absolute Gasteiger partial charge is 0.262 e. The van der Waals surface area contributed by atoms with E-state index in [-0.39, 0.29) is 12.5 Å². The van der Waals surface area contributed by atoms with Crippen molar-refractivity contribution in [2.75, 3.05) is 29.9 Å². The molecule has 1 aliphatic rings. The first-order valence-electron chi connectivity index (χ1n) is 9.01. The molecule has 0 spiro atoms. The van der Waals surface area contributed by atoms with E-state index in [1.165, 1.54) is 18.5 Å². The van der Waals surface area contributed by atoms with E-state index in [2.05, 4.69) is 15.2 Å². The number of carbonyl (C=O) groups excluding carboxylic acids is 1. The molecule has 6 heteroatoms. The predicted octanol–water partition coefficient (Wildman–Crippen LogP) is 4.51. The van der Waals surface area contributed by atoms with Crippen LogP contribution in [-0.2, 0) is 4.79 Å². The number of halogens is 1. The maximum atomic E-state index is 12.2. The first kappa shape index (κ1) is 17.6. The number of rotatable bonds is 5. The Hall–Kier alpha value is -2.79. The highest BCUT2D eigenvalue weighted by atomic mass is 35.5. The number of hydrogen-bond acceptors (Lipinski definition) is 4. The van der Waals surface area contributed by atoms with Gasteiger partial charge in [0, 0.05) is 36.0 Å². The van der Waals surface area contributed by atoms with Gasteiger partial charge in [0.1, 0.15) is 11.3 Å². The fourth-order valence-electron chi connectivity index (χ4n) is 3.30. The Morgan fingerprint density at radius 1 is 1.11 bits per heavy atom. The Morgan fingerprint density at radius 2 is 1.89 bits per heavy atom. The summed E-state index contributed by atoms with van der Waals surface area (Å²) in [6.45, 7) is 2.10. The first-order chi connectivity index (χ1) is 13.2. The molecule has 27 heavy (non-hydrogen) atoms. The molecule has 2 heterocycles. The van der Waals surface area contributed by atoms with Gasteiger partial charge in [-0.3, -0.25) is 9.78 Å². The quantitative estimate of drug-likeness (QED) is 0.706. The zero-order valence-electron chi connectivity index (χ0n) is 14.8. The highest BCUT2D eigenvalue weighted by Crippen LogP contribution is 2.29. The molecule has 4 rings (SSSR count). The number of benzene rings is 2. The van der Waals surface area contributed by atoms with Crippen molar-refractivity contribution in [3.63, 3.8) is 0 Å². The highest BCUT2D eigenvalue weighted by Gasteiger charge is 2.13. The summed E-state index contributed by atoms with van der Waals surface area (Å²) in [5, 5.41) is 4.27. The van der Waals surface area contributed by atoms with E-state index in [0.717, 1.165) is 24.2 Å². The number of carbonyl (C=O) groups is 1. The molecule has 1 amide bonds. The van der Waals surface area contributed by atoms with Crippen molar-refractivity contribution in [1.29, 1.82) is 0 Å². The van der Waals surface area contributed by atoms with Crippen molar-refractivity contribution in [2.45, 2.75) is 12.8 Å². The fraction of sp³-hybridized carbons (Fsp3) is 0.238. The standard InChI is InChI=1S/C21H20ClN3O2/c22-18-9-10-19(21-17(18)4-3-11-23-21)27-14-20(26)24-15-5-7-16(8-6-15)25-12-1-2-13-25/h3-11H,1-2,12-14H2,(H,24,26). The third kappa shape index (κ3) is 3.98. The minimum atomic E-state index is -0.219. The lowest BCUT2D eigenvalue weighted by Gasteiger charge is -2.17. The molecule has 2 aromatic carbocycles. The van der Waals surface area contributed by atoms with Gasteiger partial charge in [0.05, 0.1) is 5.02 Å². The van der Waals surface area contributed by atoms with E-state index in [0.29, 0.717) is 16.3 Å². The second-order valence-corrected chi connectivity index (χ2v) is 6.93. The van der Waals surface area contributed by atoms with Crippen LogP contribution in [0.25, 0.3) is 10.9 Å². The molecule has 1 aliphatic heterocycles. The highest BCUT2D eigenvalue weighted by molar-refractivity contribution is 6.35. The lowest BCUT2D eigenvalue weighted by Crippen LogP contribution is -2.20. The normalized spacial score (nSPS) is 13.7. The summed E-state index contributed by atoms with van der Waals surface area (Å²) >= 11 is 6.18. The van der Waals surface area contributed by atoms with E-state index in [1.54, 1.807) is 18.3 Å². The molecule has 138 valence electrons. The van der Waals surface area contributed by atoms with Crippen LogP contribution in [-0.4, -0.2) is 30.6 Å². The number of amides is 1. The molecule has 1 saturated heterocycles. The van der Waals surface area contributed by atoms with Crippen molar-refractivity contribution in [2.24, 2.45) is 0 Å². The average molecular weight is 382 g/mol. The van der Waals surface area contributed by atoms with E-state index >= 15 is 0 Å². The minimum absolute atomic E-state index is 0.0960. The Balaban J connectivity index is 1.38. The average Bonchev–Trinajstić information content (AvgIpc) is 3.23. The number of nitrogens with zero attached hydrogens (tertiary/aromatic N) is 2. The summed E-state index contributed by atoms with van der Waals surface area (Å²) in [5.74, 6) is 0.317. The third-order valence-corrected chi connectivity index (χ3v) is 4.99. The number of fused-ring (bicyclic) bond motifs is 1. The van der Waals surface area contributed by atoms with Gasteiger partial charge in [0.25, 0.3) is 5.91 Å². The molecule has 5 nitrogen and oxygen atoms in total. The SMILES string of the molecule is O=C(COc1ccc(Cl)c2cccnc12)Nc1ccc(N2CCCC2)cc1. The second-order valence-electron chi connectivity index (χ2n) is 6.52. The van der Waals surface area contributed by atoms with Gasteiger partial charge in [-0.2, -0.15) is 0 Å². The van der Waals surface area contributed by atoms with Crippen LogP contribution in [0.15, 0.2) is 54.7 Å². The van der Waals surface area contributed by atoms with Gasteiger partial charge in [-0.05, 0) is 61.4 Å². The summed E-state index contributed by atoms with van der Waals surface area (Å²) in [4.78, 5) is 18.9. The van der Waals surface area contributed by atoms with Gasteiger partial charge < -0.3 is 15.0 Å². The maximum Gasteiger partial charge on any atom is 0.262 e. The van der Waals surface area contributed by atoms with Crippen molar-refractivity contribution in [3.8, 4) is 5.75 Å². The van der Waals surface area contributed by atoms with Crippen LogP contribution in [0.2, 0.25) is 5.02 Å². The van der Waals surface area contributed by atoms with E-state index < -0.39 is 0 Å². The molecule has 1 aromatic heterocycles. The third-order valence-electron chi connectivity index (χ3n) is 4.66. The summed E-state index contributed by atoms with van der Waals surface area (Å²) < 4.78 is 5.67. The minimum Gasteiger partial charge on any atom is -0.481 e. The van der Waals surface area contributed by atoms with Crippen LogP contribution in [0.1, 0.15) is 12.8 Å². The van der Waals surface area contributed by atoms with Crippen LogP contribution < -0.4 is 15.0 Å². The van der Waals surface area contributed by atoms with Crippen molar-refractivity contribution >= 4 is 39.8 Å². The van der Waals surface area contributed by atoms with Gasteiger partial charge in [-0.1, -0.05) is 11.6 Å². The largest absolute Gasteiger partial charge is 0.481 e. The zero-order chi connectivity index (χ0) is 18.6. The van der Waals surface area contributed by atoms with Crippen LogP contribution in [0.4, 0.5) is 11.4 Å². The molecule has 0 saturated carbocycles. The molecule has 3 aromatic rings. The molecular formula is C21H20ClN3O2. The van der Waals surface area contributed by atoms with Crippen molar-refractivity contribution < 1.29 is 9.53 Å². The molecule has 0 radical (unpaired) electrons. The molecule has 0 aliphatic carbocycles. The monoisotopic (exact) mass is 381 g/mol. The lowest BCUT2D eigenvalue weighted by atomic mass is 10.2. The summed E-state index contributed by atoms with van der Waals surface area (Å²) in [5.41, 5.74) is 2.60. The molecule has 1 fully saturated rings. The topological polar surface area (TPSA) is 54.5 Å². The van der Waals surface area contributed by atoms with E-state index in [9.17, 15) is 4.79 Å². The summed E-state index contributed by atoms with van der Waals surface area (Å²) in [6, 6.07) is 15.1. The molecule has 1 N–H and O–H groups in total.